The van der Waals surface area contributed by atoms with Crippen LogP contribution in [0.3, 0.4) is 0 Å². The van der Waals surface area contributed by atoms with Crippen LogP contribution in [0.15, 0.2) is 47.5 Å². The molecule has 1 aromatic heterocycles. The molecular weight excluding hydrogens is 361 g/mol. The normalized spacial score (nSPS) is 10.8. The maximum atomic E-state index is 9.83. The van der Waals surface area contributed by atoms with Gasteiger partial charge in [0.15, 0.2) is 11.6 Å². The van der Waals surface area contributed by atoms with Gasteiger partial charge in [-0.15, -0.1) is 0 Å². The van der Waals surface area contributed by atoms with Gasteiger partial charge >= 0.3 is 0 Å². The van der Waals surface area contributed by atoms with Gasteiger partial charge in [-0.3, -0.25) is 5.10 Å². The van der Waals surface area contributed by atoms with E-state index in [0.717, 1.165) is 0 Å². The van der Waals surface area contributed by atoms with E-state index in [1.54, 1.807) is 36.4 Å². The molecule has 8 heteroatoms. The number of rotatable bonds is 4. The van der Waals surface area contributed by atoms with Crippen molar-refractivity contribution >= 4 is 46.7 Å². The SMILES string of the molecule is N#Cc1c(Nc2cccc(Cl)c2)n[nH]c1/N=C/c1c(O)cccc1Cl. The number of hydrogen-bond acceptors (Lipinski definition) is 5. The average molecular weight is 372 g/mol. The van der Waals surface area contributed by atoms with Crippen LogP contribution in [0.2, 0.25) is 10.0 Å². The Morgan fingerprint density at radius 1 is 1.24 bits per heavy atom. The van der Waals surface area contributed by atoms with E-state index in [0.29, 0.717) is 27.1 Å². The minimum atomic E-state index is -0.00783. The highest BCUT2D eigenvalue weighted by Gasteiger charge is 2.13. The summed E-state index contributed by atoms with van der Waals surface area (Å²) in [6.45, 7) is 0. The van der Waals surface area contributed by atoms with Crippen molar-refractivity contribution < 1.29 is 5.11 Å². The standard InChI is InChI=1S/C17H11Cl2N5O/c18-10-3-1-4-11(7-10)22-17-12(8-20)16(23-24-17)21-9-13-14(19)5-2-6-15(13)25/h1-7,9,25H,(H2,22,23,24)/b21-9+. The Morgan fingerprint density at radius 3 is 2.76 bits per heavy atom. The van der Waals surface area contributed by atoms with Gasteiger partial charge in [0.2, 0.25) is 0 Å². The highest BCUT2D eigenvalue weighted by molar-refractivity contribution is 6.33. The molecule has 0 aliphatic rings. The minimum Gasteiger partial charge on any atom is -0.507 e. The van der Waals surface area contributed by atoms with Gasteiger partial charge in [-0.25, -0.2) is 4.99 Å². The van der Waals surface area contributed by atoms with Crippen molar-refractivity contribution in [1.29, 1.82) is 5.26 Å². The van der Waals surface area contributed by atoms with Gasteiger partial charge in [-0.05, 0) is 30.3 Å². The zero-order chi connectivity index (χ0) is 17.8. The highest BCUT2D eigenvalue weighted by atomic mass is 35.5. The maximum Gasteiger partial charge on any atom is 0.172 e. The Balaban J connectivity index is 1.90. The lowest BCUT2D eigenvalue weighted by molar-refractivity contribution is 0.474. The quantitative estimate of drug-likeness (QED) is 0.574. The molecule has 0 spiro atoms. The molecule has 3 aromatic rings. The van der Waals surface area contributed by atoms with E-state index in [2.05, 4.69) is 20.5 Å². The monoisotopic (exact) mass is 371 g/mol. The summed E-state index contributed by atoms with van der Waals surface area (Å²) < 4.78 is 0. The molecule has 25 heavy (non-hydrogen) atoms. The van der Waals surface area contributed by atoms with Crippen molar-refractivity contribution in [3.8, 4) is 11.8 Å². The largest absolute Gasteiger partial charge is 0.507 e. The molecule has 0 saturated heterocycles. The van der Waals surface area contributed by atoms with Crippen LogP contribution in [0, 0.1) is 11.3 Å². The van der Waals surface area contributed by atoms with E-state index in [1.807, 2.05) is 6.07 Å². The third-order valence-electron chi connectivity index (χ3n) is 3.30. The molecule has 0 aliphatic heterocycles. The van der Waals surface area contributed by atoms with Crippen LogP contribution in [0.25, 0.3) is 0 Å². The molecule has 0 unspecified atom stereocenters. The van der Waals surface area contributed by atoms with Crippen LogP contribution in [0.5, 0.6) is 5.75 Å². The van der Waals surface area contributed by atoms with Crippen LogP contribution in [0.1, 0.15) is 11.1 Å². The average Bonchev–Trinajstić information content (AvgIpc) is 2.96. The fraction of sp³-hybridized carbons (Fsp3) is 0. The Bertz CT molecular complexity index is 971. The first-order valence-corrected chi connectivity index (χ1v) is 7.86. The number of aromatic amines is 1. The predicted octanol–water partition coefficient (Wildman–Crippen LogP) is 4.79. The Labute approximate surface area is 153 Å². The lowest BCUT2D eigenvalue weighted by atomic mass is 10.2. The summed E-state index contributed by atoms with van der Waals surface area (Å²) in [6.07, 6.45) is 1.37. The summed E-state index contributed by atoms with van der Waals surface area (Å²) in [5, 5.41) is 29.9. The van der Waals surface area contributed by atoms with Gasteiger partial charge in [0.1, 0.15) is 17.4 Å². The summed E-state index contributed by atoms with van der Waals surface area (Å²) in [5.41, 5.74) is 1.27. The summed E-state index contributed by atoms with van der Waals surface area (Å²) in [5.74, 6) is 0.554. The third kappa shape index (κ3) is 3.74. The topological polar surface area (TPSA) is 97.1 Å². The second-order valence-electron chi connectivity index (χ2n) is 4.97. The van der Waals surface area contributed by atoms with Crippen molar-refractivity contribution in [3.63, 3.8) is 0 Å². The predicted molar refractivity (Wildman–Crippen MR) is 98.4 cm³/mol. The van der Waals surface area contributed by atoms with E-state index >= 15 is 0 Å². The zero-order valence-electron chi connectivity index (χ0n) is 12.7. The summed E-state index contributed by atoms with van der Waals surface area (Å²) in [6, 6.07) is 13.8. The zero-order valence-corrected chi connectivity index (χ0v) is 14.2. The summed E-state index contributed by atoms with van der Waals surface area (Å²) in [7, 11) is 0. The van der Waals surface area contributed by atoms with Crippen LogP contribution in [0.4, 0.5) is 17.3 Å². The number of phenols is 1. The molecule has 0 aliphatic carbocycles. The summed E-state index contributed by atoms with van der Waals surface area (Å²) in [4.78, 5) is 4.17. The smallest absolute Gasteiger partial charge is 0.172 e. The molecular formula is C17H11Cl2N5O. The molecule has 0 atom stereocenters. The number of benzene rings is 2. The van der Waals surface area contributed by atoms with Crippen molar-refractivity contribution in [2.45, 2.75) is 0 Å². The van der Waals surface area contributed by atoms with Gasteiger partial charge in [0.05, 0.1) is 10.6 Å². The number of aromatic nitrogens is 2. The maximum absolute atomic E-state index is 9.83. The fourth-order valence-corrected chi connectivity index (χ4v) is 2.52. The number of anilines is 2. The Hall–Kier alpha value is -3.01. The van der Waals surface area contributed by atoms with E-state index in [-0.39, 0.29) is 17.1 Å². The molecule has 124 valence electrons. The Morgan fingerprint density at radius 2 is 2.04 bits per heavy atom. The number of phenolic OH excluding ortho intramolecular Hbond substituents is 1. The second-order valence-corrected chi connectivity index (χ2v) is 5.82. The van der Waals surface area contributed by atoms with Crippen LogP contribution >= 0.6 is 23.2 Å². The van der Waals surface area contributed by atoms with Gasteiger partial charge in [-0.1, -0.05) is 35.3 Å². The Kier molecular flexibility index (Phi) is 4.89. The molecule has 0 radical (unpaired) electrons. The second kappa shape index (κ2) is 7.26. The van der Waals surface area contributed by atoms with E-state index in [1.165, 1.54) is 12.3 Å². The number of aliphatic imine (C=N–C) groups is 1. The molecule has 2 aromatic carbocycles. The van der Waals surface area contributed by atoms with E-state index in [9.17, 15) is 10.4 Å². The number of nitrogens with one attached hydrogen (secondary N) is 2. The van der Waals surface area contributed by atoms with Crippen molar-refractivity contribution in [1.82, 2.24) is 10.2 Å². The number of nitrogens with zero attached hydrogens (tertiary/aromatic N) is 3. The van der Waals surface area contributed by atoms with E-state index < -0.39 is 0 Å². The fourth-order valence-electron chi connectivity index (χ4n) is 2.11. The first-order valence-electron chi connectivity index (χ1n) is 7.11. The van der Waals surface area contributed by atoms with Crippen LogP contribution < -0.4 is 5.32 Å². The lowest BCUT2D eigenvalue weighted by Gasteiger charge is -2.03. The highest BCUT2D eigenvalue weighted by Crippen LogP contribution is 2.28. The van der Waals surface area contributed by atoms with Gasteiger partial charge in [-0.2, -0.15) is 10.4 Å². The molecule has 0 saturated carbocycles. The molecule has 1 heterocycles. The number of H-pyrrole nitrogens is 1. The van der Waals surface area contributed by atoms with E-state index in [4.69, 9.17) is 23.2 Å². The molecule has 0 fully saturated rings. The molecule has 6 nitrogen and oxygen atoms in total. The molecule has 0 amide bonds. The van der Waals surface area contributed by atoms with Crippen molar-refractivity contribution in [2.75, 3.05) is 5.32 Å². The first-order chi connectivity index (χ1) is 12.1. The third-order valence-corrected chi connectivity index (χ3v) is 3.86. The lowest BCUT2D eigenvalue weighted by Crippen LogP contribution is -1.92. The number of hydrogen-bond donors (Lipinski definition) is 3. The summed E-state index contributed by atoms with van der Waals surface area (Å²) >= 11 is 12.0. The van der Waals surface area contributed by atoms with Crippen molar-refractivity contribution in [3.05, 3.63) is 63.6 Å². The van der Waals surface area contributed by atoms with Gasteiger partial charge < -0.3 is 10.4 Å². The number of halogens is 2. The number of aromatic hydroxyl groups is 1. The van der Waals surface area contributed by atoms with Crippen molar-refractivity contribution in [2.24, 2.45) is 4.99 Å². The number of nitriles is 1. The first kappa shape index (κ1) is 16.8. The molecule has 3 N–H and O–H groups in total. The molecule has 0 bridgehead atoms. The van der Waals surface area contributed by atoms with Crippen LogP contribution in [-0.4, -0.2) is 21.5 Å². The van der Waals surface area contributed by atoms with Gasteiger partial charge in [0.25, 0.3) is 0 Å². The molecule has 3 rings (SSSR count). The minimum absolute atomic E-state index is 0.00783. The van der Waals surface area contributed by atoms with Gasteiger partial charge in [0, 0.05) is 16.9 Å². The van der Waals surface area contributed by atoms with Crippen LogP contribution in [-0.2, 0) is 0 Å².